The highest BCUT2D eigenvalue weighted by molar-refractivity contribution is 5.68. The van der Waals surface area contributed by atoms with E-state index in [0.717, 1.165) is 5.75 Å². The molecule has 1 aliphatic rings. The van der Waals surface area contributed by atoms with Crippen LogP contribution in [0.3, 0.4) is 0 Å². The van der Waals surface area contributed by atoms with Crippen LogP contribution in [0.15, 0.2) is 24.3 Å². The molecule has 1 aromatic rings. The minimum Gasteiger partial charge on any atom is -0.486 e. The number of carbonyl (C=O) groups is 1. The number of amides is 1. The molecule has 5 nitrogen and oxygen atoms in total. The van der Waals surface area contributed by atoms with E-state index < -0.39 is 5.60 Å². The molecule has 21 heavy (non-hydrogen) atoms. The van der Waals surface area contributed by atoms with E-state index in [4.69, 9.17) is 14.2 Å². The molecule has 1 unspecified atom stereocenters. The lowest BCUT2D eigenvalue weighted by molar-refractivity contribution is 0.00958. The van der Waals surface area contributed by atoms with Crippen molar-refractivity contribution in [2.24, 2.45) is 0 Å². The Morgan fingerprint density at radius 1 is 1.33 bits per heavy atom. The van der Waals surface area contributed by atoms with Crippen molar-refractivity contribution < 1.29 is 19.0 Å². The molecule has 0 radical (unpaired) electrons. The lowest BCUT2D eigenvalue weighted by Gasteiger charge is -2.32. The van der Waals surface area contributed by atoms with Crippen molar-refractivity contribution in [1.29, 1.82) is 0 Å². The summed E-state index contributed by atoms with van der Waals surface area (Å²) in [7, 11) is 0. The minimum absolute atomic E-state index is 0.188. The van der Waals surface area contributed by atoms with Crippen molar-refractivity contribution in [1.82, 2.24) is 4.90 Å². The molecule has 1 heterocycles. The van der Waals surface area contributed by atoms with Crippen molar-refractivity contribution in [3.05, 3.63) is 24.3 Å². The standard InChI is InChI=1S/C16H23NO4/c1-5-17(15(18)21-16(2,3)4)10-12-11-19-13-8-6-7-9-14(13)20-12/h6-9,12H,5,10-11H2,1-4H3. The molecular formula is C16H23NO4. The van der Waals surface area contributed by atoms with E-state index in [1.807, 2.05) is 52.0 Å². The van der Waals surface area contributed by atoms with Gasteiger partial charge in [0.15, 0.2) is 17.6 Å². The Kier molecular flexibility index (Phi) is 4.60. The third-order valence-corrected chi connectivity index (χ3v) is 3.02. The monoisotopic (exact) mass is 293 g/mol. The largest absolute Gasteiger partial charge is 0.486 e. The Morgan fingerprint density at radius 3 is 2.62 bits per heavy atom. The predicted octanol–water partition coefficient (Wildman–Crippen LogP) is 3.08. The highest BCUT2D eigenvalue weighted by Crippen LogP contribution is 2.31. The van der Waals surface area contributed by atoms with E-state index >= 15 is 0 Å². The maximum atomic E-state index is 12.1. The summed E-state index contributed by atoms with van der Waals surface area (Å²) in [4.78, 5) is 13.7. The summed E-state index contributed by atoms with van der Waals surface area (Å²) in [5, 5.41) is 0. The lowest BCUT2D eigenvalue weighted by Crippen LogP contribution is -2.45. The van der Waals surface area contributed by atoms with Gasteiger partial charge in [-0.15, -0.1) is 0 Å². The molecule has 0 saturated carbocycles. The number of hydrogen-bond donors (Lipinski definition) is 0. The van der Waals surface area contributed by atoms with E-state index in [1.165, 1.54) is 0 Å². The Hall–Kier alpha value is -1.91. The van der Waals surface area contributed by atoms with Gasteiger partial charge in [0.2, 0.25) is 0 Å². The van der Waals surface area contributed by atoms with Gasteiger partial charge in [0, 0.05) is 6.54 Å². The summed E-state index contributed by atoms with van der Waals surface area (Å²) in [5.41, 5.74) is -0.499. The molecule has 1 amide bonds. The number of benzene rings is 1. The first-order valence-electron chi connectivity index (χ1n) is 7.25. The smallest absolute Gasteiger partial charge is 0.410 e. The van der Waals surface area contributed by atoms with Gasteiger partial charge in [-0.3, -0.25) is 0 Å². The maximum Gasteiger partial charge on any atom is 0.410 e. The topological polar surface area (TPSA) is 48.0 Å². The van der Waals surface area contributed by atoms with Gasteiger partial charge in [-0.25, -0.2) is 4.79 Å². The van der Waals surface area contributed by atoms with Crippen LogP contribution in [0.5, 0.6) is 11.5 Å². The first kappa shape index (κ1) is 15.5. The fourth-order valence-corrected chi connectivity index (χ4v) is 2.06. The molecule has 0 aliphatic carbocycles. The van der Waals surface area contributed by atoms with Gasteiger partial charge in [0.25, 0.3) is 0 Å². The molecule has 0 bridgehead atoms. The van der Waals surface area contributed by atoms with Crippen LogP contribution in [-0.2, 0) is 4.74 Å². The van der Waals surface area contributed by atoms with Crippen LogP contribution < -0.4 is 9.47 Å². The quantitative estimate of drug-likeness (QED) is 0.859. The number of fused-ring (bicyclic) bond motifs is 1. The Morgan fingerprint density at radius 2 is 2.00 bits per heavy atom. The van der Waals surface area contributed by atoms with Crippen LogP contribution in [-0.4, -0.2) is 42.4 Å². The summed E-state index contributed by atoms with van der Waals surface area (Å²) < 4.78 is 16.9. The Labute approximate surface area is 125 Å². The van der Waals surface area contributed by atoms with E-state index in [0.29, 0.717) is 25.4 Å². The van der Waals surface area contributed by atoms with E-state index in [9.17, 15) is 4.79 Å². The second kappa shape index (κ2) is 6.24. The molecule has 1 aromatic carbocycles. The second-order valence-electron chi connectivity index (χ2n) is 6.02. The number of rotatable bonds is 3. The van der Waals surface area contributed by atoms with Crippen molar-refractivity contribution in [3.63, 3.8) is 0 Å². The molecule has 1 atom stereocenters. The zero-order valence-corrected chi connectivity index (χ0v) is 13.1. The summed E-state index contributed by atoms with van der Waals surface area (Å²) >= 11 is 0. The predicted molar refractivity (Wildman–Crippen MR) is 79.8 cm³/mol. The number of likely N-dealkylation sites (N-methyl/N-ethyl adjacent to an activating group) is 1. The Bertz CT molecular complexity index is 495. The molecule has 0 fully saturated rings. The van der Waals surface area contributed by atoms with Crippen molar-refractivity contribution in [3.8, 4) is 11.5 Å². The second-order valence-corrected chi connectivity index (χ2v) is 6.02. The molecule has 2 rings (SSSR count). The number of ether oxygens (including phenoxy) is 3. The van der Waals surface area contributed by atoms with Crippen LogP contribution in [0.4, 0.5) is 4.79 Å². The summed E-state index contributed by atoms with van der Waals surface area (Å²) in [6.07, 6.45) is -0.514. The molecular weight excluding hydrogens is 270 g/mol. The van der Waals surface area contributed by atoms with Crippen molar-refractivity contribution >= 4 is 6.09 Å². The SMILES string of the molecule is CCN(CC1COc2ccccc2O1)C(=O)OC(C)(C)C. The van der Waals surface area contributed by atoms with Gasteiger partial charge in [0.1, 0.15) is 12.2 Å². The van der Waals surface area contributed by atoms with Crippen LogP contribution in [0, 0.1) is 0 Å². The maximum absolute atomic E-state index is 12.1. The van der Waals surface area contributed by atoms with Gasteiger partial charge < -0.3 is 19.1 Å². The van der Waals surface area contributed by atoms with Crippen molar-refractivity contribution in [2.75, 3.05) is 19.7 Å². The third-order valence-electron chi connectivity index (χ3n) is 3.02. The molecule has 1 aliphatic heterocycles. The molecule has 0 aromatic heterocycles. The highest BCUT2D eigenvalue weighted by atomic mass is 16.6. The first-order chi connectivity index (χ1) is 9.89. The van der Waals surface area contributed by atoms with Gasteiger partial charge in [-0.2, -0.15) is 0 Å². The number of nitrogens with zero attached hydrogens (tertiary/aromatic N) is 1. The minimum atomic E-state index is -0.499. The summed E-state index contributed by atoms with van der Waals surface area (Å²) in [6, 6.07) is 7.54. The van der Waals surface area contributed by atoms with E-state index in [-0.39, 0.29) is 12.2 Å². The fraction of sp³-hybridized carbons (Fsp3) is 0.562. The van der Waals surface area contributed by atoms with Crippen LogP contribution in [0.1, 0.15) is 27.7 Å². The van der Waals surface area contributed by atoms with Gasteiger partial charge in [0.05, 0.1) is 6.54 Å². The molecule has 0 spiro atoms. The molecule has 116 valence electrons. The highest BCUT2D eigenvalue weighted by Gasteiger charge is 2.27. The third kappa shape index (κ3) is 4.28. The van der Waals surface area contributed by atoms with Gasteiger partial charge in [-0.1, -0.05) is 12.1 Å². The summed E-state index contributed by atoms with van der Waals surface area (Å²) in [5.74, 6) is 1.46. The number of hydrogen-bond acceptors (Lipinski definition) is 4. The van der Waals surface area contributed by atoms with Crippen LogP contribution in [0.25, 0.3) is 0 Å². The van der Waals surface area contributed by atoms with Crippen molar-refractivity contribution in [2.45, 2.75) is 39.4 Å². The number of carbonyl (C=O) groups excluding carboxylic acids is 1. The van der Waals surface area contributed by atoms with E-state index in [2.05, 4.69) is 0 Å². The molecule has 0 saturated heterocycles. The fourth-order valence-electron chi connectivity index (χ4n) is 2.06. The number of para-hydroxylation sites is 2. The van der Waals surface area contributed by atoms with Crippen LogP contribution in [0.2, 0.25) is 0 Å². The first-order valence-corrected chi connectivity index (χ1v) is 7.25. The Balaban J connectivity index is 1.96. The lowest BCUT2D eigenvalue weighted by atomic mass is 10.2. The molecule has 0 N–H and O–H groups in total. The normalized spacial score (nSPS) is 17.2. The molecule has 5 heteroatoms. The zero-order chi connectivity index (χ0) is 15.5. The van der Waals surface area contributed by atoms with Gasteiger partial charge in [-0.05, 0) is 39.8 Å². The van der Waals surface area contributed by atoms with E-state index in [1.54, 1.807) is 4.90 Å². The zero-order valence-electron chi connectivity index (χ0n) is 13.1. The summed E-state index contributed by atoms with van der Waals surface area (Å²) in [6.45, 7) is 8.92. The van der Waals surface area contributed by atoms with Crippen LogP contribution >= 0.6 is 0 Å². The average Bonchev–Trinajstić information content (AvgIpc) is 2.42. The average molecular weight is 293 g/mol. The van der Waals surface area contributed by atoms with Gasteiger partial charge >= 0.3 is 6.09 Å².